The van der Waals surface area contributed by atoms with Gasteiger partial charge in [0.15, 0.2) is 5.69 Å². The Bertz CT molecular complexity index is 1060. The summed E-state index contributed by atoms with van der Waals surface area (Å²) in [4.78, 5) is 35.0. The molecule has 0 unspecified atom stereocenters. The largest absolute Gasteiger partial charge is 0.480 e. The molecule has 0 aliphatic rings. The molecule has 0 spiro atoms. The predicted molar refractivity (Wildman–Crippen MR) is 114 cm³/mol. The fourth-order valence-corrected chi connectivity index (χ4v) is 3.02. The number of aromatic amines is 1. The molecule has 2 aromatic carbocycles. The lowest BCUT2D eigenvalue weighted by Gasteiger charge is -2.20. The van der Waals surface area contributed by atoms with Gasteiger partial charge in [0, 0.05) is 6.07 Å². The van der Waals surface area contributed by atoms with Crippen LogP contribution in [0.5, 0.6) is 0 Å². The first-order chi connectivity index (χ1) is 14.8. The minimum Gasteiger partial charge on any atom is -0.480 e. The summed E-state index contributed by atoms with van der Waals surface area (Å²) < 4.78 is 0. The van der Waals surface area contributed by atoms with Crippen LogP contribution in [0.3, 0.4) is 0 Å². The lowest BCUT2D eigenvalue weighted by Crippen LogP contribution is -2.49. The summed E-state index contributed by atoms with van der Waals surface area (Å²) in [5.41, 5.74) is 2.68. The van der Waals surface area contributed by atoms with E-state index in [2.05, 4.69) is 20.8 Å². The van der Waals surface area contributed by atoms with E-state index in [1.165, 1.54) is 13.0 Å². The van der Waals surface area contributed by atoms with Crippen molar-refractivity contribution < 1.29 is 24.6 Å². The molecule has 9 heteroatoms. The SMILES string of the molecule is C[C@H](N[C@@H](Cc1ccc(-c2ccccc2)cc1)C(=O)Nc1cc(C(=O)O)n[nH]1)C(=O)O. The zero-order chi connectivity index (χ0) is 22.4. The van der Waals surface area contributed by atoms with E-state index in [0.29, 0.717) is 0 Å². The van der Waals surface area contributed by atoms with E-state index in [0.717, 1.165) is 16.7 Å². The number of carbonyl (C=O) groups excluding carboxylic acids is 1. The van der Waals surface area contributed by atoms with Crippen LogP contribution in [-0.2, 0) is 16.0 Å². The lowest BCUT2D eigenvalue weighted by molar-refractivity contribution is -0.139. The quantitative estimate of drug-likeness (QED) is 0.356. The number of amides is 1. The van der Waals surface area contributed by atoms with E-state index < -0.39 is 29.9 Å². The number of H-pyrrole nitrogens is 1. The van der Waals surface area contributed by atoms with Crippen LogP contribution in [0.25, 0.3) is 11.1 Å². The highest BCUT2D eigenvalue weighted by molar-refractivity contribution is 5.96. The van der Waals surface area contributed by atoms with Crippen molar-refractivity contribution in [3.05, 3.63) is 71.9 Å². The molecule has 0 radical (unpaired) electrons. The molecule has 0 bridgehead atoms. The summed E-state index contributed by atoms with van der Waals surface area (Å²) in [7, 11) is 0. The van der Waals surface area contributed by atoms with Crippen LogP contribution < -0.4 is 10.6 Å². The number of carboxylic acid groups (broad SMARTS) is 2. The average molecular weight is 422 g/mol. The molecule has 9 nitrogen and oxygen atoms in total. The van der Waals surface area contributed by atoms with Gasteiger partial charge in [-0.2, -0.15) is 5.10 Å². The second kappa shape index (κ2) is 9.68. The number of carbonyl (C=O) groups is 3. The van der Waals surface area contributed by atoms with Gasteiger partial charge in [0.25, 0.3) is 0 Å². The minimum absolute atomic E-state index is 0.108. The summed E-state index contributed by atoms with van der Waals surface area (Å²) >= 11 is 0. The number of anilines is 1. The minimum atomic E-state index is -1.23. The average Bonchev–Trinajstić information content (AvgIpc) is 3.23. The highest BCUT2D eigenvalue weighted by Gasteiger charge is 2.24. The van der Waals surface area contributed by atoms with Crippen molar-refractivity contribution >= 4 is 23.7 Å². The maximum Gasteiger partial charge on any atom is 0.356 e. The van der Waals surface area contributed by atoms with Gasteiger partial charge in [-0.05, 0) is 30.0 Å². The molecule has 3 aromatic rings. The lowest BCUT2D eigenvalue weighted by atomic mass is 10.00. The van der Waals surface area contributed by atoms with Crippen molar-refractivity contribution in [2.24, 2.45) is 0 Å². The zero-order valence-electron chi connectivity index (χ0n) is 16.7. The molecule has 0 aliphatic carbocycles. The van der Waals surface area contributed by atoms with Gasteiger partial charge in [0.2, 0.25) is 5.91 Å². The number of benzene rings is 2. The molecule has 31 heavy (non-hydrogen) atoms. The topological polar surface area (TPSA) is 144 Å². The third-order valence-electron chi connectivity index (χ3n) is 4.69. The van der Waals surface area contributed by atoms with Crippen molar-refractivity contribution in [2.75, 3.05) is 5.32 Å². The van der Waals surface area contributed by atoms with Gasteiger partial charge in [0.1, 0.15) is 11.9 Å². The third kappa shape index (κ3) is 5.77. The molecule has 1 heterocycles. The van der Waals surface area contributed by atoms with Crippen LogP contribution >= 0.6 is 0 Å². The first kappa shape index (κ1) is 21.7. The highest BCUT2D eigenvalue weighted by Crippen LogP contribution is 2.20. The van der Waals surface area contributed by atoms with E-state index >= 15 is 0 Å². The normalized spacial score (nSPS) is 12.7. The molecule has 0 fully saturated rings. The smallest absolute Gasteiger partial charge is 0.356 e. The van der Waals surface area contributed by atoms with E-state index in [1.807, 2.05) is 54.6 Å². The Kier molecular flexibility index (Phi) is 6.78. The highest BCUT2D eigenvalue weighted by atomic mass is 16.4. The number of nitrogens with zero attached hydrogens (tertiary/aromatic N) is 1. The maximum absolute atomic E-state index is 12.8. The first-order valence-electron chi connectivity index (χ1n) is 9.56. The molecule has 1 aromatic heterocycles. The van der Waals surface area contributed by atoms with Gasteiger partial charge < -0.3 is 15.5 Å². The van der Waals surface area contributed by atoms with E-state index in [1.54, 1.807) is 0 Å². The van der Waals surface area contributed by atoms with Gasteiger partial charge in [-0.3, -0.25) is 20.0 Å². The first-order valence-corrected chi connectivity index (χ1v) is 9.56. The number of nitrogens with one attached hydrogen (secondary N) is 3. The second-order valence-corrected chi connectivity index (χ2v) is 7.01. The summed E-state index contributed by atoms with van der Waals surface area (Å²) in [6.07, 6.45) is 0.235. The molecule has 1 amide bonds. The van der Waals surface area contributed by atoms with Crippen molar-refractivity contribution in [2.45, 2.75) is 25.4 Å². The van der Waals surface area contributed by atoms with E-state index in [9.17, 15) is 19.5 Å². The van der Waals surface area contributed by atoms with Crippen LogP contribution in [0.4, 0.5) is 5.82 Å². The molecular weight excluding hydrogens is 400 g/mol. The van der Waals surface area contributed by atoms with Crippen molar-refractivity contribution in [1.82, 2.24) is 15.5 Å². The summed E-state index contributed by atoms with van der Waals surface area (Å²) in [6, 6.07) is 16.8. The van der Waals surface area contributed by atoms with Crippen LogP contribution in [0.15, 0.2) is 60.7 Å². The molecule has 0 saturated heterocycles. The number of carboxylic acids is 2. The molecule has 0 saturated carbocycles. The van der Waals surface area contributed by atoms with E-state index in [4.69, 9.17) is 5.11 Å². The number of hydrogen-bond donors (Lipinski definition) is 5. The molecule has 160 valence electrons. The number of aromatic carboxylic acids is 1. The Morgan fingerprint density at radius 1 is 1.00 bits per heavy atom. The maximum atomic E-state index is 12.8. The number of aromatic nitrogens is 2. The van der Waals surface area contributed by atoms with Crippen LogP contribution in [0.1, 0.15) is 23.0 Å². The summed E-state index contributed by atoms with van der Waals surface area (Å²) in [5, 5.41) is 29.5. The fourth-order valence-electron chi connectivity index (χ4n) is 3.02. The number of hydrogen-bond acceptors (Lipinski definition) is 5. The molecule has 5 N–H and O–H groups in total. The van der Waals surface area contributed by atoms with Gasteiger partial charge in [-0.25, -0.2) is 4.79 Å². The summed E-state index contributed by atoms with van der Waals surface area (Å²) in [5.74, 6) is -2.73. The Hall–Kier alpha value is -3.98. The standard InChI is InChI=1S/C22H22N4O5/c1-13(21(28)29)23-17(20(27)24-19-12-18(22(30)31)25-26-19)11-14-7-9-16(10-8-14)15-5-3-2-4-6-15/h2-10,12-13,17,23H,11H2,1H3,(H,28,29)(H,30,31)(H2,24,25,26,27)/t13-,17-/m0/s1. The monoisotopic (exact) mass is 422 g/mol. The van der Waals surface area contributed by atoms with Gasteiger partial charge >= 0.3 is 11.9 Å². The number of aliphatic carboxylic acids is 1. The molecule has 0 aliphatic heterocycles. The Balaban J connectivity index is 1.75. The van der Waals surface area contributed by atoms with E-state index in [-0.39, 0.29) is 17.9 Å². The van der Waals surface area contributed by atoms with Crippen molar-refractivity contribution in [3.63, 3.8) is 0 Å². The Morgan fingerprint density at radius 3 is 2.23 bits per heavy atom. The van der Waals surface area contributed by atoms with Crippen LogP contribution in [0.2, 0.25) is 0 Å². The van der Waals surface area contributed by atoms with Crippen molar-refractivity contribution in [3.8, 4) is 11.1 Å². The van der Waals surface area contributed by atoms with Crippen molar-refractivity contribution in [1.29, 1.82) is 0 Å². The van der Waals surface area contributed by atoms with Gasteiger partial charge in [-0.15, -0.1) is 0 Å². The number of rotatable bonds is 9. The molecule has 3 rings (SSSR count). The summed E-state index contributed by atoms with van der Waals surface area (Å²) in [6.45, 7) is 1.44. The van der Waals surface area contributed by atoms with Crippen LogP contribution in [-0.4, -0.2) is 50.3 Å². The molecule has 2 atom stereocenters. The fraction of sp³-hybridized carbons (Fsp3) is 0.182. The van der Waals surface area contributed by atoms with Crippen LogP contribution in [0, 0.1) is 0 Å². The Labute approximate surface area is 178 Å². The zero-order valence-corrected chi connectivity index (χ0v) is 16.7. The second-order valence-electron chi connectivity index (χ2n) is 7.01. The predicted octanol–water partition coefficient (Wildman–Crippen LogP) is 2.39. The van der Waals surface area contributed by atoms with Gasteiger partial charge in [0.05, 0.1) is 6.04 Å². The Morgan fingerprint density at radius 2 is 1.65 bits per heavy atom. The molecular formula is C22H22N4O5. The third-order valence-corrected chi connectivity index (χ3v) is 4.69. The van der Waals surface area contributed by atoms with Gasteiger partial charge in [-0.1, -0.05) is 54.6 Å².